The molecule has 0 aliphatic rings. The normalized spacial score (nSPS) is 10.8. The molecule has 0 spiro atoms. The first kappa shape index (κ1) is 19.0. The minimum Gasteiger partial charge on any atom is -0.331 e. The summed E-state index contributed by atoms with van der Waals surface area (Å²) < 4.78 is 2.29. The number of aromatic nitrogens is 2. The van der Waals surface area contributed by atoms with Crippen molar-refractivity contribution in [3.63, 3.8) is 0 Å². The van der Waals surface area contributed by atoms with Gasteiger partial charge in [0.15, 0.2) is 0 Å². The summed E-state index contributed by atoms with van der Waals surface area (Å²) in [6, 6.07) is 8.41. The third kappa shape index (κ3) is 6.39. The lowest BCUT2D eigenvalue weighted by Crippen LogP contribution is -1.95. The molecular formula is C19H31ClN2. The third-order valence-electron chi connectivity index (χ3n) is 4.28. The number of halogens is 1. The van der Waals surface area contributed by atoms with Crippen LogP contribution in [0, 0.1) is 0 Å². The number of aryl methyl sites for hydroxylation is 1. The van der Waals surface area contributed by atoms with E-state index in [1.54, 1.807) is 0 Å². The molecule has 1 aromatic heterocycles. The number of hydrogen-bond donors (Lipinski definition) is 0. The van der Waals surface area contributed by atoms with Gasteiger partial charge in [-0.25, -0.2) is 4.98 Å². The van der Waals surface area contributed by atoms with Gasteiger partial charge in [-0.15, -0.1) is 12.4 Å². The first-order valence-corrected chi connectivity index (χ1v) is 8.81. The van der Waals surface area contributed by atoms with Crippen molar-refractivity contribution >= 4 is 23.4 Å². The number of imidazole rings is 1. The van der Waals surface area contributed by atoms with E-state index in [9.17, 15) is 0 Å². The van der Waals surface area contributed by atoms with Crippen LogP contribution in [-0.2, 0) is 6.54 Å². The Kier molecular flexibility index (Phi) is 9.98. The average molecular weight is 323 g/mol. The van der Waals surface area contributed by atoms with Crippen LogP contribution in [0.2, 0.25) is 0 Å². The minimum atomic E-state index is 0. The van der Waals surface area contributed by atoms with Crippen molar-refractivity contribution in [3.8, 4) is 0 Å². The van der Waals surface area contributed by atoms with E-state index in [1.807, 2.05) is 6.33 Å². The lowest BCUT2D eigenvalue weighted by atomic mass is 10.1. The highest BCUT2D eigenvalue weighted by atomic mass is 35.5. The molecule has 0 amide bonds. The zero-order valence-corrected chi connectivity index (χ0v) is 14.8. The Labute approximate surface area is 141 Å². The Morgan fingerprint density at radius 3 is 2.09 bits per heavy atom. The number of fused-ring (bicyclic) bond motifs is 1. The van der Waals surface area contributed by atoms with Gasteiger partial charge < -0.3 is 4.57 Å². The van der Waals surface area contributed by atoms with Gasteiger partial charge in [-0.1, -0.05) is 76.8 Å². The summed E-state index contributed by atoms with van der Waals surface area (Å²) in [5, 5.41) is 0. The Morgan fingerprint density at radius 2 is 1.41 bits per heavy atom. The van der Waals surface area contributed by atoms with Gasteiger partial charge in [-0.3, -0.25) is 0 Å². The van der Waals surface area contributed by atoms with Crippen LogP contribution in [-0.4, -0.2) is 9.55 Å². The van der Waals surface area contributed by atoms with Crippen molar-refractivity contribution in [1.29, 1.82) is 0 Å². The van der Waals surface area contributed by atoms with E-state index in [-0.39, 0.29) is 12.4 Å². The van der Waals surface area contributed by atoms with Gasteiger partial charge in [0.2, 0.25) is 0 Å². The second-order valence-corrected chi connectivity index (χ2v) is 6.11. The molecule has 0 bridgehead atoms. The van der Waals surface area contributed by atoms with Crippen LogP contribution in [0.5, 0.6) is 0 Å². The summed E-state index contributed by atoms with van der Waals surface area (Å²) in [7, 11) is 0. The number of rotatable bonds is 11. The van der Waals surface area contributed by atoms with Crippen LogP contribution in [0.1, 0.15) is 71.1 Å². The van der Waals surface area contributed by atoms with Gasteiger partial charge in [0.05, 0.1) is 17.4 Å². The number of benzene rings is 1. The second kappa shape index (κ2) is 11.5. The summed E-state index contributed by atoms with van der Waals surface area (Å²) in [4.78, 5) is 4.45. The lowest BCUT2D eigenvalue weighted by Gasteiger charge is -2.05. The molecule has 0 atom stereocenters. The highest BCUT2D eigenvalue weighted by Crippen LogP contribution is 2.14. The molecule has 3 heteroatoms. The molecule has 0 saturated carbocycles. The Bertz CT molecular complexity index is 507. The van der Waals surface area contributed by atoms with Crippen LogP contribution in [0.25, 0.3) is 11.0 Å². The fourth-order valence-corrected chi connectivity index (χ4v) is 2.96. The smallest absolute Gasteiger partial charge is 0.0958 e. The zero-order chi connectivity index (χ0) is 14.8. The topological polar surface area (TPSA) is 17.8 Å². The van der Waals surface area contributed by atoms with E-state index in [0.29, 0.717) is 0 Å². The Balaban J connectivity index is 0.00000242. The molecular weight excluding hydrogens is 292 g/mol. The third-order valence-corrected chi connectivity index (χ3v) is 4.28. The number of nitrogens with zero attached hydrogens (tertiary/aromatic N) is 2. The zero-order valence-electron chi connectivity index (χ0n) is 14.0. The first-order chi connectivity index (χ1) is 10.4. The second-order valence-electron chi connectivity index (χ2n) is 6.11. The quantitative estimate of drug-likeness (QED) is 0.439. The van der Waals surface area contributed by atoms with Crippen molar-refractivity contribution in [2.75, 3.05) is 0 Å². The molecule has 22 heavy (non-hydrogen) atoms. The molecule has 1 heterocycles. The van der Waals surface area contributed by atoms with Crippen LogP contribution in [0.4, 0.5) is 0 Å². The van der Waals surface area contributed by atoms with Crippen molar-refractivity contribution in [3.05, 3.63) is 30.6 Å². The maximum absolute atomic E-state index is 4.45. The largest absolute Gasteiger partial charge is 0.331 e. The minimum absolute atomic E-state index is 0. The van der Waals surface area contributed by atoms with Crippen molar-refractivity contribution < 1.29 is 0 Å². The first-order valence-electron chi connectivity index (χ1n) is 8.81. The molecule has 0 N–H and O–H groups in total. The molecule has 0 aliphatic carbocycles. The van der Waals surface area contributed by atoms with Crippen LogP contribution >= 0.6 is 12.4 Å². The fraction of sp³-hybridized carbons (Fsp3) is 0.632. The Morgan fingerprint density at radius 1 is 0.818 bits per heavy atom. The van der Waals surface area contributed by atoms with Gasteiger partial charge in [-0.2, -0.15) is 0 Å². The van der Waals surface area contributed by atoms with Crippen LogP contribution in [0.3, 0.4) is 0 Å². The predicted molar refractivity (Wildman–Crippen MR) is 98.8 cm³/mol. The molecule has 2 nitrogen and oxygen atoms in total. The van der Waals surface area contributed by atoms with Crippen molar-refractivity contribution in [1.82, 2.24) is 9.55 Å². The van der Waals surface area contributed by atoms with E-state index in [1.165, 1.54) is 69.7 Å². The van der Waals surface area contributed by atoms with Crippen molar-refractivity contribution in [2.24, 2.45) is 0 Å². The van der Waals surface area contributed by atoms with E-state index in [4.69, 9.17) is 0 Å². The standard InChI is InChI=1S/C19H30N2.ClH/c1-2-3-4-5-6-7-8-9-10-13-16-21-17-20-18-14-11-12-15-19(18)21;/h11-12,14-15,17H,2-10,13,16H2,1H3;1H. The monoisotopic (exact) mass is 322 g/mol. The fourth-order valence-electron chi connectivity index (χ4n) is 2.96. The Hall–Kier alpha value is -1.02. The van der Waals surface area contributed by atoms with Gasteiger partial charge >= 0.3 is 0 Å². The highest BCUT2D eigenvalue weighted by Gasteiger charge is 2.00. The highest BCUT2D eigenvalue weighted by molar-refractivity contribution is 5.85. The van der Waals surface area contributed by atoms with Gasteiger partial charge in [-0.05, 0) is 18.6 Å². The summed E-state index contributed by atoms with van der Waals surface area (Å²) in [5.74, 6) is 0. The molecule has 2 rings (SSSR count). The number of hydrogen-bond acceptors (Lipinski definition) is 1. The SMILES string of the molecule is CCCCCCCCCCCCn1cnc2ccccc21.Cl. The summed E-state index contributed by atoms with van der Waals surface area (Å²) in [6.45, 7) is 3.39. The van der Waals surface area contributed by atoms with E-state index < -0.39 is 0 Å². The molecule has 0 radical (unpaired) electrons. The summed E-state index contributed by atoms with van der Waals surface area (Å²) in [6.07, 6.45) is 15.9. The number of unbranched alkanes of at least 4 members (excludes halogenated alkanes) is 9. The van der Waals surface area contributed by atoms with E-state index in [0.717, 1.165) is 12.1 Å². The maximum Gasteiger partial charge on any atom is 0.0958 e. The van der Waals surface area contributed by atoms with Gasteiger partial charge in [0.1, 0.15) is 0 Å². The molecule has 2 aromatic rings. The molecule has 1 aromatic carbocycles. The maximum atomic E-state index is 4.45. The average Bonchev–Trinajstić information content (AvgIpc) is 2.92. The molecule has 0 aliphatic heterocycles. The molecule has 124 valence electrons. The lowest BCUT2D eigenvalue weighted by molar-refractivity contribution is 0.538. The van der Waals surface area contributed by atoms with Crippen LogP contribution in [0.15, 0.2) is 30.6 Å². The van der Waals surface area contributed by atoms with E-state index in [2.05, 4.69) is 40.7 Å². The number of para-hydroxylation sites is 2. The summed E-state index contributed by atoms with van der Waals surface area (Å²) in [5.41, 5.74) is 2.39. The predicted octanol–water partition coefficient (Wildman–Crippen LogP) is 6.38. The van der Waals surface area contributed by atoms with Gasteiger partial charge in [0, 0.05) is 6.54 Å². The molecule has 0 unspecified atom stereocenters. The van der Waals surface area contributed by atoms with Gasteiger partial charge in [0.25, 0.3) is 0 Å². The van der Waals surface area contributed by atoms with E-state index >= 15 is 0 Å². The summed E-state index contributed by atoms with van der Waals surface area (Å²) >= 11 is 0. The van der Waals surface area contributed by atoms with Crippen molar-refractivity contribution in [2.45, 2.75) is 77.7 Å². The van der Waals surface area contributed by atoms with Crippen LogP contribution < -0.4 is 0 Å². The molecule has 0 saturated heterocycles. The molecule has 0 fully saturated rings.